The summed E-state index contributed by atoms with van der Waals surface area (Å²) >= 11 is 0. The zero-order valence-corrected chi connectivity index (χ0v) is 21.7. The maximum atomic E-state index is 11.9. The first-order valence-corrected chi connectivity index (χ1v) is 12.6. The topological polar surface area (TPSA) is 81.6 Å². The van der Waals surface area contributed by atoms with Crippen molar-refractivity contribution in [2.45, 2.75) is 65.1 Å². The molecule has 3 aromatic rings. The summed E-state index contributed by atoms with van der Waals surface area (Å²) in [4.78, 5) is 25.7. The van der Waals surface area contributed by atoms with Crippen LogP contribution in [0.15, 0.2) is 60.9 Å². The molecule has 0 unspecified atom stereocenters. The number of aromatic nitrogens is 2. The number of rotatable bonds is 7. The molecule has 2 N–H and O–H groups in total. The number of hydrogen-bond donors (Lipinski definition) is 2. The van der Waals surface area contributed by atoms with Crippen LogP contribution in [0, 0.1) is 13.8 Å². The third-order valence-electron chi connectivity index (χ3n) is 7.45. The molecule has 36 heavy (non-hydrogen) atoms. The average molecular weight is 488 g/mol. The average Bonchev–Trinajstić information content (AvgIpc) is 2.90. The van der Waals surface area contributed by atoms with Crippen LogP contribution >= 0.6 is 0 Å². The second kappa shape index (κ2) is 11.2. The molecule has 0 saturated carbocycles. The third-order valence-corrected chi connectivity index (χ3v) is 7.45. The quantitative estimate of drug-likeness (QED) is 0.363. The van der Waals surface area contributed by atoms with Gasteiger partial charge in [0, 0.05) is 50.0 Å². The minimum atomic E-state index is -0.437. The van der Waals surface area contributed by atoms with E-state index in [0.29, 0.717) is 26.2 Å². The number of carbonyl (C=O) groups excluding carboxylic acids is 1. The minimum Gasteiger partial charge on any atom is -0.323 e. The minimum absolute atomic E-state index is 0.197. The lowest BCUT2D eigenvalue weighted by molar-refractivity contribution is 0.0850. The SMILES string of the molecule is Cc1cnc(CN(Cc2ncccc2C(C)(C)c2ccccc2)C2CCN(C(=O)NO)CC2)c(C)c1. The fourth-order valence-corrected chi connectivity index (χ4v) is 5.26. The van der Waals surface area contributed by atoms with Gasteiger partial charge in [0.15, 0.2) is 0 Å². The molecule has 1 fully saturated rings. The van der Waals surface area contributed by atoms with Crippen molar-refractivity contribution in [3.63, 3.8) is 0 Å². The van der Waals surface area contributed by atoms with Gasteiger partial charge >= 0.3 is 6.03 Å². The number of pyridine rings is 2. The van der Waals surface area contributed by atoms with Crippen molar-refractivity contribution in [3.8, 4) is 0 Å². The highest BCUT2D eigenvalue weighted by Crippen LogP contribution is 2.34. The van der Waals surface area contributed by atoms with Crippen LogP contribution in [0.3, 0.4) is 0 Å². The molecule has 2 aromatic heterocycles. The number of benzene rings is 1. The Morgan fingerprint density at radius 2 is 1.75 bits per heavy atom. The fourth-order valence-electron chi connectivity index (χ4n) is 5.26. The van der Waals surface area contributed by atoms with Crippen LogP contribution in [0.5, 0.6) is 0 Å². The van der Waals surface area contributed by atoms with Gasteiger partial charge in [0.2, 0.25) is 0 Å². The Hall–Kier alpha value is -3.29. The molecule has 3 heterocycles. The molecular formula is C29H37N5O2. The van der Waals surface area contributed by atoms with E-state index >= 15 is 0 Å². The van der Waals surface area contributed by atoms with Crippen LogP contribution in [0.2, 0.25) is 0 Å². The van der Waals surface area contributed by atoms with Gasteiger partial charge in [-0.1, -0.05) is 56.3 Å². The van der Waals surface area contributed by atoms with E-state index < -0.39 is 6.03 Å². The van der Waals surface area contributed by atoms with Crippen LogP contribution in [0.1, 0.15) is 60.3 Å². The molecule has 4 rings (SSSR count). The fraction of sp³-hybridized carbons (Fsp3) is 0.414. The molecule has 0 aliphatic carbocycles. The van der Waals surface area contributed by atoms with Crippen molar-refractivity contribution in [1.82, 2.24) is 25.2 Å². The smallest absolute Gasteiger partial charge is 0.323 e. The zero-order valence-electron chi connectivity index (χ0n) is 21.7. The lowest BCUT2D eigenvalue weighted by atomic mass is 9.77. The molecule has 1 aliphatic heterocycles. The Kier molecular flexibility index (Phi) is 8.01. The zero-order chi connectivity index (χ0) is 25.7. The maximum Gasteiger partial charge on any atom is 0.341 e. The van der Waals surface area contributed by atoms with E-state index in [0.717, 1.165) is 29.8 Å². The number of nitrogens with zero attached hydrogens (tertiary/aromatic N) is 4. The van der Waals surface area contributed by atoms with Crippen molar-refractivity contribution in [2.75, 3.05) is 13.1 Å². The van der Waals surface area contributed by atoms with Crippen molar-refractivity contribution in [1.29, 1.82) is 0 Å². The Bertz CT molecular complexity index is 1170. The van der Waals surface area contributed by atoms with E-state index in [4.69, 9.17) is 15.2 Å². The highest BCUT2D eigenvalue weighted by molar-refractivity contribution is 5.72. The van der Waals surface area contributed by atoms with Gasteiger partial charge in [-0.15, -0.1) is 0 Å². The molecule has 7 nitrogen and oxygen atoms in total. The highest BCUT2D eigenvalue weighted by Gasteiger charge is 2.31. The number of hydrogen-bond acceptors (Lipinski definition) is 5. The summed E-state index contributed by atoms with van der Waals surface area (Å²) in [6, 6.07) is 16.8. The lowest BCUT2D eigenvalue weighted by Gasteiger charge is -2.39. The maximum absolute atomic E-state index is 11.9. The van der Waals surface area contributed by atoms with Gasteiger partial charge in [0.25, 0.3) is 0 Å². The Labute approximate surface area is 214 Å². The molecule has 0 bridgehead atoms. The van der Waals surface area contributed by atoms with Gasteiger partial charge in [-0.3, -0.25) is 20.1 Å². The van der Waals surface area contributed by atoms with Crippen molar-refractivity contribution in [2.24, 2.45) is 0 Å². The molecule has 0 spiro atoms. The number of likely N-dealkylation sites (tertiary alicyclic amines) is 1. The van der Waals surface area contributed by atoms with Gasteiger partial charge in [-0.25, -0.2) is 10.3 Å². The van der Waals surface area contributed by atoms with Crippen LogP contribution in [-0.4, -0.2) is 50.1 Å². The van der Waals surface area contributed by atoms with Crippen molar-refractivity contribution < 1.29 is 10.0 Å². The first-order valence-electron chi connectivity index (χ1n) is 12.6. The van der Waals surface area contributed by atoms with Crippen molar-refractivity contribution >= 4 is 6.03 Å². The standard InChI is InChI=1S/C29H37N5O2/c1-21-17-22(2)26(31-18-21)19-34(24-12-15-33(16-13-24)28(35)32-36)20-27-25(11-8-14-30-27)29(3,4)23-9-6-5-7-10-23/h5-11,14,17-18,24,36H,12-13,15-16,19-20H2,1-4H3,(H,32,35). The number of hydroxylamine groups is 1. The third kappa shape index (κ3) is 5.74. The van der Waals surface area contributed by atoms with E-state index in [-0.39, 0.29) is 11.5 Å². The molecule has 1 saturated heterocycles. The Morgan fingerprint density at radius 3 is 2.42 bits per heavy atom. The van der Waals surface area contributed by atoms with E-state index in [1.807, 2.05) is 24.5 Å². The largest absolute Gasteiger partial charge is 0.341 e. The highest BCUT2D eigenvalue weighted by atomic mass is 16.5. The van der Waals surface area contributed by atoms with Crippen molar-refractivity contribution in [3.05, 3.63) is 94.6 Å². The molecule has 7 heteroatoms. The molecule has 0 atom stereocenters. The number of carbonyl (C=O) groups is 1. The van der Waals surface area contributed by atoms with Crippen LogP contribution in [0.4, 0.5) is 4.79 Å². The van der Waals surface area contributed by atoms with Gasteiger partial charge in [0.05, 0.1) is 11.4 Å². The predicted octanol–water partition coefficient (Wildman–Crippen LogP) is 4.98. The van der Waals surface area contributed by atoms with Gasteiger partial charge < -0.3 is 4.90 Å². The number of piperidine rings is 1. The van der Waals surface area contributed by atoms with E-state index in [1.54, 1.807) is 10.4 Å². The number of aryl methyl sites for hydroxylation is 2. The summed E-state index contributed by atoms with van der Waals surface area (Å²) in [5.74, 6) is 0. The summed E-state index contributed by atoms with van der Waals surface area (Å²) in [5, 5.41) is 9.04. The first-order chi connectivity index (χ1) is 17.3. The number of amides is 2. The molecule has 1 aliphatic rings. The van der Waals surface area contributed by atoms with E-state index in [1.165, 1.54) is 16.7 Å². The molecule has 1 aromatic carbocycles. The second-order valence-corrected chi connectivity index (χ2v) is 10.3. The van der Waals surface area contributed by atoms with Gasteiger partial charge in [-0.2, -0.15) is 0 Å². The van der Waals surface area contributed by atoms with Crippen LogP contribution in [0.25, 0.3) is 0 Å². The Balaban J connectivity index is 1.64. The number of nitrogens with one attached hydrogen (secondary N) is 1. The Morgan fingerprint density at radius 1 is 1.06 bits per heavy atom. The number of urea groups is 1. The van der Waals surface area contributed by atoms with E-state index in [2.05, 4.69) is 69.0 Å². The normalized spacial score (nSPS) is 14.8. The summed E-state index contributed by atoms with van der Waals surface area (Å²) < 4.78 is 0. The van der Waals surface area contributed by atoms with E-state index in [9.17, 15) is 4.79 Å². The van der Waals surface area contributed by atoms with Gasteiger partial charge in [-0.05, 0) is 55.0 Å². The summed E-state index contributed by atoms with van der Waals surface area (Å²) in [6.45, 7) is 11.3. The lowest BCUT2D eigenvalue weighted by Crippen LogP contribution is -2.49. The van der Waals surface area contributed by atoms with Crippen LogP contribution in [-0.2, 0) is 18.5 Å². The molecule has 0 radical (unpaired) electrons. The van der Waals surface area contributed by atoms with Crippen LogP contribution < -0.4 is 5.48 Å². The molecular weight excluding hydrogens is 450 g/mol. The second-order valence-electron chi connectivity index (χ2n) is 10.3. The summed E-state index contributed by atoms with van der Waals surface area (Å²) in [5.41, 5.74) is 8.50. The summed E-state index contributed by atoms with van der Waals surface area (Å²) in [6.07, 6.45) is 5.45. The molecule has 190 valence electrons. The predicted molar refractivity (Wildman–Crippen MR) is 141 cm³/mol. The monoisotopic (exact) mass is 487 g/mol. The molecule has 2 amide bonds. The van der Waals surface area contributed by atoms with Gasteiger partial charge in [0.1, 0.15) is 0 Å². The summed E-state index contributed by atoms with van der Waals surface area (Å²) in [7, 11) is 0. The first kappa shape index (κ1) is 25.8.